The molecule has 1 radical (unpaired) electrons. The minimum atomic E-state index is -6.00. The number of ether oxygens (including phenoxy) is 2. The Morgan fingerprint density at radius 3 is 0.800 bits per heavy atom. The van der Waals surface area contributed by atoms with Gasteiger partial charge in [0.1, 0.15) is 17.3 Å². The summed E-state index contributed by atoms with van der Waals surface area (Å²) >= 11 is 0. The van der Waals surface area contributed by atoms with Gasteiger partial charge in [0.25, 0.3) is 0 Å². The Morgan fingerprint density at radius 1 is 0.455 bits per heavy atom. The van der Waals surface area contributed by atoms with Crippen LogP contribution in [-0.4, -0.2) is 64.4 Å². The zero-order valence-electron chi connectivity index (χ0n) is 29.5. The monoisotopic (exact) mass is 817 g/mol. The van der Waals surface area contributed by atoms with Gasteiger partial charge in [-0.25, -0.2) is 9.97 Å². The van der Waals surface area contributed by atoms with Crippen LogP contribution in [0.5, 0.6) is 11.5 Å². The van der Waals surface area contributed by atoms with Crippen molar-refractivity contribution < 1.29 is 65.6 Å². The van der Waals surface area contributed by atoms with Gasteiger partial charge in [0.05, 0.1) is 59.8 Å². The van der Waals surface area contributed by atoms with E-state index in [9.17, 15) is 39.3 Å². The molecule has 6 aromatic rings. The molecule has 0 aromatic carbocycles. The van der Waals surface area contributed by atoms with Crippen molar-refractivity contribution in [2.75, 3.05) is 14.2 Å². The van der Waals surface area contributed by atoms with E-state index in [1.165, 1.54) is 13.8 Å². The smallest absolute Gasteiger partial charge is 0.497 e. The maximum absolute atomic E-state index is 9.75. The van der Waals surface area contributed by atoms with Gasteiger partial charge in [-0.2, -0.15) is 0 Å². The molecule has 0 saturated heterocycles. The molecule has 55 heavy (non-hydrogen) atoms. The summed E-state index contributed by atoms with van der Waals surface area (Å²) < 4.78 is 88.7. The van der Waals surface area contributed by atoms with Crippen molar-refractivity contribution in [3.05, 3.63) is 122 Å². The fraction of sp³-hybridized carbons (Fsp3) is 0.114. The molecule has 6 heterocycles. The van der Waals surface area contributed by atoms with Crippen LogP contribution in [-0.2, 0) is 21.6 Å². The average molecular weight is 817 g/mol. The van der Waals surface area contributed by atoms with E-state index in [1.54, 1.807) is 39.0 Å². The first-order valence-electron chi connectivity index (χ1n) is 15.5. The minimum absolute atomic E-state index is 0. The fourth-order valence-electron chi connectivity index (χ4n) is 3.83. The summed E-state index contributed by atoms with van der Waals surface area (Å²) in [6.07, 6.45) is 6.99. The number of methoxy groups -OCH3 is 2. The Balaban J connectivity index is 0.000000406. The van der Waals surface area contributed by atoms with E-state index in [4.69, 9.17) is 9.47 Å². The van der Waals surface area contributed by atoms with E-state index >= 15 is 0 Å². The van der Waals surface area contributed by atoms with E-state index in [1.807, 2.05) is 97.1 Å². The molecule has 0 fully saturated rings. The van der Waals surface area contributed by atoms with Gasteiger partial charge in [-0.05, 0) is 62.4 Å². The second kappa shape index (κ2) is 23.8. The van der Waals surface area contributed by atoms with Crippen molar-refractivity contribution in [3.63, 3.8) is 0 Å². The summed E-state index contributed by atoms with van der Waals surface area (Å²) in [5.41, 5.74) is 6.31. The van der Waals surface area contributed by atoms with Crippen LogP contribution in [0, 0.1) is 0 Å². The first-order chi connectivity index (χ1) is 25.5. The maximum Gasteiger partial charge on any atom is 2.00 e. The quantitative estimate of drug-likeness (QED) is 0.120. The third-order valence-corrected chi connectivity index (χ3v) is 5.78. The van der Waals surface area contributed by atoms with Gasteiger partial charge < -0.3 is 48.8 Å². The summed E-state index contributed by atoms with van der Waals surface area (Å²) in [7, 11) is -8.72. The zero-order valence-corrected chi connectivity index (χ0v) is 30.5. The van der Waals surface area contributed by atoms with Crippen LogP contribution in [0.1, 0.15) is 13.8 Å². The predicted molar refractivity (Wildman–Crippen MR) is 191 cm³/mol. The average Bonchev–Trinajstić information content (AvgIpc) is 3.14. The second-order valence-corrected chi connectivity index (χ2v) is 10.3. The number of nitrogens with zero attached hydrogens (tertiary/aromatic N) is 6. The van der Waals surface area contributed by atoms with E-state index in [0.29, 0.717) is 0 Å². The van der Waals surface area contributed by atoms with Crippen LogP contribution in [0.2, 0.25) is 0 Å². The Kier molecular flexibility index (Phi) is 20.5. The third-order valence-electron chi connectivity index (χ3n) is 5.78. The van der Waals surface area contributed by atoms with Gasteiger partial charge in [-0.15, -0.1) is 0 Å². The molecule has 0 spiro atoms. The number of halogens is 8. The van der Waals surface area contributed by atoms with Crippen LogP contribution in [0.4, 0.5) is 34.5 Å². The minimum Gasteiger partial charge on any atom is -0.497 e. The summed E-state index contributed by atoms with van der Waals surface area (Å²) in [4.78, 5) is 36.0. The van der Waals surface area contributed by atoms with Crippen LogP contribution < -0.4 is 9.47 Å². The molecular weight excluding hydrogens is 785 g/mol. The van der Waals surface area contributed by atoms with Crippen LogP contribution >= 0.6 is 0 Å². The number of Topliss-reactive ketones (excluding diaryl/α,β-unsaturated/α-hetero) is 1. The van der Waals surface area contributed by atoms with Gasteiger partial charge >= 0.3 is 31.3 Å². The summed E-state index contributed by atoms with van der Waals surface area (Å²) in [6, 6.07) is 30.4. The molecule has 0 atom stereocenters. The molecular formula is C35H32B2CoF8N6O3. The molecule has 0 bridgehead atoms. The zero-order chi connectivity index (χ0) is 40.1. The molecule has 0 aliphatic carbocycles. The molecule has 6 aromatic heterocycles. The Morgan fingerprint density at radius 2 is 0.655 bits per heavy atom. The molecule has 6 rings (SSSR count). The van der Waals surface area contributed by atoms with Gasteiger partial charge in [0.15, 0.2) is 0 Å². The van der Waals surface area contributed by atoms with Crippen molar-refractivity contribution >= 4 is 20.3 Å². The number of hydrogen-bond acceptors (Lipinski definition) is 9. The molecule has 0 N–H and O–H groups in total. The number of pyridine rings is 6. The van der Waals surface area contributed by atoms with Gasteiger partial charge in [-0.3, -0.25) is 19.9 Å². The van der Waals surface area contributed by atoms with Crippen LogP contribution in [0.3, 0.4) is 0 Å². The van der Waals surface area contributed by atoms with Gasteiger partial charge in [0, 0.05) is 49.1 Å². The number of carbonyl (C=O) groups excluding carboxylic acids is 1. The second-order valence-electron chi connectivity index (χ2n) is 10.3. The van der Waals surface area contributed by atoms with Crippen LogP contribution in [0.25, 0.3) is 45.6 Å². The standard InChI is InChI=1S/2C16H13N3O.C3H6O.2BF4.Co/c2*1-20-12-10-15(13-6-2-4-8-17-13)19-16(11-12)14-7-3-5-9-18-14;1-3(2)4;2*2-1(3,4)5;/h2*2-11H,1H3;1-2H3;;;/q;;;2*-1;+2. The SMILES string of the molecule is CC(C)=O.COc1cc(-c2ccccn2)nc(-c2ccccn2)c1.COc1cc(-c2ccccn2)nc(-c2ccccn2)c1.F[B-](F)(F)F.F[B-](F)(F)F.[Co+2]. The van der Waals surface area contributed by atoms with E-state index in [0.717, 1.165) is 57.1 Å². The molecule has 0 amide bonds. The summed E-state index contributed by atoms with van der Waals surface area (Å²) in [5, 5.41) is 0. The third kappa shape index (κ3) is 20.9. The van der Waals surface area contributed by atoms with E-state index < -0.39 is 14.5 Å². The molecule has 9 nitrogen and oxygen atoms in total. The summed E-state index contributed by atoms with van der Waals surface area (Å²) in [5.74, 6) is 1.64. The fourth-order valence-corrected chi connectivity index (χ4v) is 3.83. The molecule has 0 aliphatic heterocycles. The van der Waals surface area contributed by atoms with Gasteiger partial charge in [-0.1, -0.05) is 24.3 Å². The number of rotatable bonds is 6. The number of ketones is 1. The van der Waals surface area contributed by atoms with Gasteiger partial charge in [0.2, 0.25) is 0 Å². The number of aromatic nitrogens is 6. The Labute approximate surface area is 322 Å². The first-order valence-corrected chi connectivity index (χ1v) is 15.5. The molecule has 0 unspecified atom stereocenters. The first kappa shape index (κ1) is 47.3. The molecule has 291 valence electrons. The molecule has 0 saturated carbocycles. The largest absolute Gasteiger partial charge is 2.00 e. The van der Waals surface area contributed by atoms with Crippen molar-refractivity contribution in [2.24, 2.45) is 0 Å². The van der Waals surface area contributed by atoms with Crippen molar-refractivity contribution in [1.82, 2.24) is 29.9 Å². The number of hydrogen-bond donors (Lipinski definition) is 0. The Bertz CT molecular complexity index is 1720. The molecule has 0 aliphatic rings. The van der Waals surface area contributed by atoms with E-state index in [2.05, 4.69) is 29.9 Å². The topological polar surface area (TPSA) is 113 Å². The molecule has 20 heteroatoms. The predicted octanol–water partition coefficient (Wildman–Crippen LogP) is 9.62. The number of carbonyl (C=O) groups is 1. The summed E-state index contributed by atoms with van der Waals surface area (Å²) in [6.45, 7) is 3.06. The Hall–Kier alpha value is -5.75. The van der Waals surface area contributed by atoms with Crippen molar-refractivity contribution in [3.8, 4) is 57.1 Å². The van der Waals surface area contributed by atoms with Crippen molar-refractivity contribution in [2.45, 2.75) is 13.8 Å². The van der Waals surface area contributed by atoms with E-state index in [-0.39, 0.29) is 22.6 Å². The normalized spacial score (nSPS) is 10.1. The van der Waals surface area contributed by atoms with Crippen LogP contribution in [0.15, 0.2) is 122 Å². The van der Waals surface area contributed by atoms with Crippen molar-refractivity contribution in [1.29, 1.82) is 0 Å². The maximum atomic E-state index is 9.75.